The molecule has 1 aliphatic rings. The van der Waals surface area contributed by atoms with Gasteiger partial charge in [0.05, 0.1) is 5.92 Å². The Morgan fingerprint density at radius 3 is 2.50 bits per heavy atom. The molecule has 0 aromatic carbocycles. The number of carboxylic acid groups (broad SMARTS) is 1. The van der Waals surface area contributed by atoms with E-state index in [1.807, 2.05) is 0 Å². The van der Waals surface area contributed by atoms with Gasteiger partial charge in [-0.25, -0.2) is 0 Å². The highest BCUT2D eigenvalue weighted by molar-refractivity contribution is 5.76. The van der Waals surface area contributed by atoms with E-state index in [9.17, 15) is 9.59 Å². The largest absolute Gasteiger partial charge is 0.481 e. The predicted octanol–water partition coefficient (Wildman–Crippen LogP) is 3.21. The van der Waals surface area contributed by atoms with Gasteiger partial charge in [-0.3, -0.25) is 9.59 Å². The summed E-state index contributed by atoms with van der Waals surface area (Å²) in [5, 5.41) is 12.1. The molecule has 1 rings (SSSR count). The van der Waals surface area contributed by atoms with E-state index < -0.39 is 5.97 Å². The zero-order valence-electron chi connectivity index (χ0n) is 13.2. The van der Waals surface area contributed by atoms with E-state index in [4.69, 9.17) is 5.11 Å². The summed E-state index contributed by atoms with van der Waals surface area (Å²) in [5.41, 5.74) is 0.235. The first-order valence-electron chi connectivity index (χ1n) is 7.69. The quantitative estimate of drug-likeness (QED) is 0.814. The van der Waals surface area contributed by atoms with Crippen molar-refractivity contribution in [3.8, 4) is 0 Å². The number of hydrogen-bond acceptors (Lipinski definition) is 2. The SMILES string of the molecule is CC(CC(=O)NC1CCCC(C(=O)O)C1)CC(C)(C)C. The second kappa shape index (κ2) is 7.09. The standard InChI is InChI=1S/C16H29NO3/c1-11(10-16(2,3)4)8-14(18)17-13-7-5-6-12(9-13)15(19)20/h11-13H,5-10H2,1-4H3,(H,17,18)(H,19,20). The van der Waals surface area contributed by atoms with Gasteiger partial charge in [-0.1, -0.05) is 34.1 Å². The van der Waals surface area contributed by atoms with E-state index in [1.54, 1.807) is 0 Å². The Kier molecular flexibility index (Phi) is 6.03. The Balaban J connectivity index is 2.36. The number of amides is 1. The number of carbonyl (C=O) groups is 2. The van der Waals surface area contributed by atoms with Crippen LogP contribution in [0.2, 0.25) is 0 Å². The fourth-order valence-corrected chi connectivity index (χ4v) is 3.27. The number of aliphatic carboxylic acids is 1. The summed E-state index contributed by atoms with van der Waals surface area (Å²) in [4.78, 5) is 23.0. The van der Waals surface area contributed by atoms with Crippen molar-refractivity contribution in [2.24, 2.45) is 17.3 Å². The van der Waals surface area contributed by atoms with Crippen LogP contribution < -0.4 is 5.32 Å². The Morgan fingerprint density at radius 1 is 1.30 bits per heavy atom. The summed E-state index contributed by atoms with van der Waals surface area (Å²) >= 11 is 0. The second-order valence-electron chi connectivity index (χ2n) is 7.54. The van der Waals surface area contributed by atoms with E-state index in [1.165, 1.54) is 0 Å². The van der Waals surface area contributed by atoms with Crippen molar-refractivity contribution in [2.75, 3.05) is 0 Å². The van der Waals surface area contributed by atoms with Gasteiger partial charge >= 0.3 is 5.97 Å². The van der Waals surface area contributed by atoms with E-state index >= 15 is 0 Å². The fourth-order valence-electron chi connectivity index (χ4n) is 3.27. The van der Waals surface area contributed by atoms with Gasteiger partial charge in [0.15, 0.2) is 0 Å². The molecular formula is C16H29NO3. The fraction of sp³-hybridized carbons (Fsp3) is 0.875. The summed E-state index contributed by atoms with van der Waals surface area (Å²) in [6, 6.07) is 0.0409. The molecule has 3 atom stereocenters. The van der Waals surface area contributed by atoms with Crippen LogP contribution in [0.5, 0.6) is 0 Å². The van der Waals surface area contributed by atoms with Crippen molar-refractivity contribution < 1.29 is 14.7 Å². The molecule has 2 N–H and O–H groups in total. The first-order chi connectivity index (χ1) is 9.17. The lowest BCUT2D eigenvalue weighted by Gasteiger charge is -2.28. The maximum Gasteiger partial charge on any atom is 0.306 e. The number of hydrogen-bond donors (Lipinski definition) is 2. The van der Waals surface area contributed by atoms with Gasteiger partial charge in [-0.05, 0) is 37.0 Å². The average Bonchev–Trinajstić information content (AvgIpc) is 2.25. The van der Waals surface area contributed by atoms with Crippen LogP contribution in [0.15, 0.2) is 0 Å². The van der Waals surface area contributed by atoms with Crippen molar-refractivity contribution >= 4 is 11.9 Å². The molecule has 1 amide bonds. The molecule has 0 aromatic heterocycles. The van der Waals surface area contributed by atoms with Gasteiger partial charge in [0.25, 0.3) is 0 Å². The molecule has 1 fully saturated rings. The van der Waals surface area contributed by atoms with Crippen molar-refractivity contribution in [1.29, 1.82) is 0 Å². The highest BCUT2D eigenvalue weighted by Gasteiger charge is 2.28. The van der Waals surface area contributed by atoms with Crippen LogP contribution in [0.4, 0.5) is 0 Å². The van der Waals surface area contributed by atoms with Gasteiger partial charge in [-0.15, -0.1) is 0 Å². The van der Waals surface area contributed by atoms with E-state index in [-0.39, 0.29) is 23.3 Å². The molecule has 1 aliphatic carbocycles. The maximum absolute atomic E-state index is 12.0. The Bertz CT molecular complexity index is 346. The molecular weight excluding hydrogens is 254 g/mol. The third-order valence-corrected chi connectivity index (χ3v) is 3.88. The second-order valence-corrected chi connectivity index (χ2v) is 7.54. The van der Waals surface area contributed by atoms with Crippen LogP contribution in [0.25, 0.3) is 0 Å². The monoisotopic (exact) mass is 283 g/mol. The lowest BCUT2D eigenvalue weighted by molar-refractivity contribution is -0.143. The summed E-state index contributed by atoms with van der Waals surface area (Å²) in [7, 11) is 0. The third-order valence-electron chi connectivity index (χ3n) is 3.88. The molecule has 20 heavy (non-hydrogen) atoms. The minimum atomic E-state index is -0.731. The summed E-state index contributed by atoms with van der Waals surface area (Å²) in [6.45, 7) is 8.64. The molecule has 0 spiro atoms. The van der Waals surface area contributed by atoms with Crippen LogP contribution in [0.1, 0.15) is 66.2 Å². The third kappa shape index (κ3) is 6.40. The van der Waals surface area contributed by atoms with E-state index in [0.717, 1.165) is 25.7 Å². The predicted molar refractivity (Wildman–Crippen MR) is 79.4 cm³/mol. The van der Waals surface area contributed by atoms with Crippen LogP contribution in [0, 0.1) is 17.3 Å². The average molecular weight is 283 g/mol. The minimum Gasteiger partial charge on any atom is -0.481 e. The molecule has 1 saturated carbocycles. The lowest BCUT2D eigenvalue weighted by Crippen LogP contribution is -2.40. The number of nitrogens with one attached hydrogen (secondary N) is 1. The van der Waals surface area contributed by atoms with Crippen molar-refractivity contribution in [3.05, 3.63) is 0 Å². The molecule has 116 valence electrons. The first kappa shape index (κ1) is 17.0. The summed E-state index contributed by atoms with van der Waals surface area (Å²) < 4.78 is 0. The Hall–Kier alpha value is -1.06. The van der Waals surface area contributed by atoms with Gasteiger partial charge in [0.2, 0.25) is 5.91 Å². The van der Waals surface area contributed by atoms with Gasteiger partial charge in [0, 0.05) is 12.5 Å². The smallest absolute Gasteiger partial charge is 0.306 e. The molecule has 0 aromatic rings. The highest BCUT2D eigenvalue weighted by atomic mass is 16.4. The summed E-state index contributed by atoms with van der Waals surface area (Å²) in [6.07, 6.45) is 4.66. The molecule has 0 bridgehead atoms. The lowest BCUT2D eigenvalue weighted by atomic mass is 9.83. The maximum atomic E-state index is 12.0. The number of carbonyl (C=O) groups excluding carboxylic acids is 1. The number of rotatable bonds is 5. The first-order valence-corrected chi connectivity index (χ1v) is 7.69. The zero-order chi connectivity index (χ0) is 15.3. The molecule has 0 radical (unpaired) electrons. The zero-order valence-corrected chi connectivity index (χ0v) is 13.2. The van der Waals surface area contributed by atoms with Gasteiger partial charge < -0.3 is 10.4 Å². The molecule has 4 heteroatoms. The van der Waals surface area contributed by atoms with Crippen LogP contribution in [-0.4, -0.2) is 23.0 Å². The van der Waals surface area contributed by atoms with E-state index in [0.29, 0.717) is 18.8 Å². The van der Waals surface area contributed by atoms with Crippen LogP contribution in [-0.2, 0) is 9.59 Å². The molecule has 4 nitrogen and oxygen atoms in total. The highest BCUT2D eigenvalue weighted by Crippen LogP contribution is 2.27. The topological polar surface area (TPSA) is 66.4 Å². The Morgan fingerprint density at radius 2 is 1.95 bits per heavy atom. The Labute approximate surface area is 122 Å². The normalized spacial score (nSPS) is 25.0. The molecule has 0 saturated heterocycles. The van der Waals surface area contributed by atoms with Crippen molar-refractivity contribution in [2.45, 2.75) is 72.3 Å². The van der Waals surface area contributed by atoms with Crippen LogP contribution >= 0.6 is 0 Å². The molecule has 0 heterocycles. The number of carboxylic acids is 1. The van der Waals surface area contributed by atoms with Crippen molar-refractivity contribution in [1.82, 2.24) is 5.32 Å². The molecule has 3 unspecified atom stereocenters. The summed E-state index contributed by atoms with van der Waals surface area (Å²) in [5.74, 6) is -0.599. The van der Waals surface area contributed by atoms with Crippen LogP contribution in [0.3, 0.4) is 0 Å². The van der Waals surface area contributed by atoms with E-state index in [2.05, 4.69) is 33.0 Å². The minimum absolute atomic E-state index is 0.0409. The van der Waals surface area contributed by atoms with Gasteiger partial charge in [0.1, 0.15) is 0 Å². The molecule has 0 aliphatic heterocycles. The van der Waals surface area contributed by atoms with Gasteiger partial charge in [-0.2, -0.15) is 0 Å². The van der Waals surface area contributed by atoms with Crippen molar-refractivity contribution in [3.63, 3.8) is 0 Å².